The Morgan fingerprint density at radius 2 is 2.12 bits per heavy atom. The van der Waals surface area contributed by atoms with Crippen molar-refractivity contribution in [2.24, 2.45) is 0 Å². The zero-order valence-corrected chi connectivity index (χ0v) is 10.3. The SMILES string of the molecule is COc1ccc(-c2ccno2)cc1S(=O)(=O)Cl. The molecule has 0 amide bonds. The number of halogens is 1. The van der Waals surface area contributed by atoms with E-state index in [9.17, 15) is 8.42 Å². The maximum atomic E-state index is 11.4. The van der Waals surface area contributed by atoms with E-state index in [0.29, 0.717) is 11.3 Å². The number of nitrogens with zero attached hydrogens (tertiary/aromatic N) is 1. The molecule has 0 spiro atoms. The first-order chi connectivity index (χ1) is 8.02. The molecule has 0 bridgehead atoms. The summed E-state index contributed by atoms with van der Waals surface area (Å²) in [6.07, 6.45) is 1.47. The van der Waals surface area contributed by atoms with Gasteiger partial charge in [-0.3, -0.25) is 0 Å². The van der Waals surface area contributed by atoms with Gasteiger partial charge in [0.05, 0.1) is 13.3 Å². The Bertz CT molecular complexity index is 622. The molecule has 0 saturated heterocycles. The fourth-order valence-electron chi connectivity index (χ4n) is 1.39. The summed E-state index contributed by atoms with van der Waals surface area (Å²) >= 11 is 0. The van der Waals surface area contributed by atoms with Gasteiger partial charge in [0.15, 0.2) is 5.76 Å². The molecule has 2 rings (SSSR count). The molecule has 90 valence electrons. The molecule has 1 heterocycles. The van der Waals surface area contributed by atoms with Gasteiger partial charge in [0.2, 0.25) is 0 Å². The molecule has 5 nitrogen and oxygen atoms in total. The predicted molar refractivity (Wildman–Crippen MR) is 61.5 cm³/mol. The molecule has 7 heteroatoms. The van der Waals surface area contributed by atoms with Crippen molar-refractivity contribution in [3.8, 4) is 17.1 Å². The van der Waals surface area contributed by atoms with Crippen LogP contribution in [-0.2, 0) is 9.05 Å². The number of ether oxygens (including phenoxy) is 1. The topological polar surface area (TPSA) is 69.4 Å². The van der Waals surface area contributed by atoms with Gasteiger partial charge in [-0.1, -0.05) is 5.16 Å². The molecule has 0 N–H and O–H groups in total. The highest BCUT2D eigenvalue weighted by Crippen LogP contribution is 2.31. The summed E-state index contributed by atoms with van der Waals surface area (Å²) in [4.78, 5) is -0.101. The minimum atomic E-state index is -3.87. The van der Waals surface area contributed by atoms with Crippen LogP contribution in [0.1, 0.15) is 0 Å². The standard InChI is InChI=1S/C10H8ClNO4S/c1-15-9-3-2-7(8-4-5-12-16-8)6-10(9)17(11,13)14/h2-6H,1H3. The summed E-state index contributed by atoms with van der Waals surface area (Å²) in [6, 6.07) is 6.16. The van der Waals surface area contributed by atoms with Gasteiger partial charge in [-0.15, -0.1) is 0 Å². The van der Waals surface area contributed by atoms with Crippen molar-refractivity contribution in [3.05, 3.63) is 30.5 Å². The molecule has 0 aliphatic rings. The predicted octanol–water partition coefficient (Wildman–Crippen LogP) is 2.28. The van der Waals surface area contributed by atoms with Crippen LogP contribution < -0.4 is 4.74 Å². The van der Waals surface area contributed by atoms with E-state index in [1.807, 2.05) is 0 Å². The van der Waals surface area contributed by atoms with Gasteiger partial charge in [-0.25, -0.2) is 8.42 Å². The summed E-state index contributed by atoms with van der Waals surface area (Å²) in [5.41, 5.74) is 0.558. The van der Waals surface area contributed by atoms with Crippen LogP contribution in [0.3, 0.4) is 0 Å². The Morgan fingerprint density at radius 1 is 1.35 bits per heavy atom. The first-order valence-electron chi connectivity index (χ1n) is 4.56. The van der Waals surface area contributed by atoms with Crippen molar-refractivity contribution in [1.29, 1.82) is 0 Å². The molecule has 0 fully saturated rings. The summed E-state index contributed by atoms with van der Waals surface area (Å²) in [5.74, 6) is 0.637. The summed E-state index contributed by atoms with van der Waals surface area (Å²) in [6.45, 7) is 0. The largest absolute Gasteiger partial charge is 0.495 e. The number of methoxy groups -OCH3 is 1. The van der Waals surface area contributed by atoms with Gasteiger partial charge in [-0.2, -0.15) is 0 Å². The van der Waals surface area contributed by atoms with Crippen molar-refractivity contribution in [2.45, 2.75) is 4.90 Å². The molecule has 17 heavy (non-hydrogen) atoms. The van der Waals surface area contributed by atoms with Gasteiger partial charge >= 0.3 is 0 Å². The van der Waals surface area contributed by atoms with E-state index >= 15 is 0 Å². The molecule has 1 aromatic carbocycles. The van der Waals surface area contributed by atoms with Gasteiger partial charge in [-0.05, 0) is 18.2 Å². The lowest BCUT2D eigenvalue weighted by atomic mass is 10.2. The molecule has 0 radical (unpaired) electrons. The number of hydrogen-bond donors (Lipinski definition) is 0. The van der Waals surface area contributed by atoms with E-state index in [4.69, 9.17) is 19.9 Å². The van der Waals surface area contributed by atoms with Crippen molar-refractivity contribution < 1.29 is 17.7 Å². The maximum Gasteiger partial charge on any atom is 0.265 e. The van der Waals surface area contributed by atoms with Crippen molar-refractivity contribution in [3.63, 3.8) is 0 Å². The normalized spacial score (nSPS) is 11.4. The fraction of sp³-hybridized carbons (Fsp3) is 0.100. The van der Waals surface area contributed by atoms with E-state index in [-0.39, 0.29) is 10.6 Å². The second kappa shape index (κ2) is 4.38. The zero-order valence-electron chi connectivity index (χ0n) is 8.75. The lowest BCUT2D eigenvalue weighted by Gasteiger charge is -2.06. The third kappa shape index (κ3) is 2.42. The fourth-order valence-corrected chi connectivity index (χ4v) is 2.41. The molecular weight excluding hydrogens is 266 g/mol. The van der Waals surface area contributed by atoms with Crippen LogP contribution in [0.15, 0.2) is 39.9 Å². The molecule has 1 aromatic heterocycles. The second-order valence-electron chi connectivity index (χ2n) is 3.18. The van der Waals surface area contributed by atoms with Gasteiger partial charge in [0, 0.05) is 22.3 Å². The average molecular weight is 274 g/mol. The molecule has 2 aromatic rings. The maximum absolute atomic E-state index is 11.4. The van der Waals surface area contributed by atoms with Crippen molar-refractivity contribution in [1.82, 2.24) is 5.16 Å². The van der Waals surface area contributed by atoms with E-state index in [0.717, 1.165) is 0 Å². The quantitative estimate of drug-likeness (QED) is 0.803. The summed E-state index contributed by atoms with van der Waals surface area (Å²) < 4.78 is 32.6. The van der Waals surface area contributed by atoms with Crippen LogP contribution in [0, 0.1) is 0 Å². The highest BCUT2D eigenvalue weighted by molar-refractivity contribution is 8.13. The molecule has 0 unspecified atom stereocenters. The van der Waals surface area contributed by atoms with Crippen LogP contribution >= 0.6 is 10.7 Å². The van der Waals surface area contributed by atoms with Crippen LogP contribution in [0.25, 0.3) is 11.3 Å². The molecule has 0 saturated carbocycles. The average Bonchev–Trinajstić information content (AvgIpc) is 2.80. The van der Waals surface area contributed by atoms with E-state index in [1.54, 1.807) is 12.1 Å². The van der Waals surface area contributed by atoms with Gasteiger partial charge in [0.25, 0.3) is 9.05 Å². The minimum Gasteiger partial charge on any atom is -0.495 e. The van der Waals surface area contributed by atoms with Gasteiger partial charge in [0.1, 0.15) is 10.6 Å². The number of rotatable bonds is 3. The minimum absolute atomic E-state index is 0.101. The van der Waals surface area contributed by atoms with Crippen LogP contribution in [0.5, 0.6) is 5.75 Å². The smallest absolute Gasteiger partial charge is 0.265 e. The molecule has 0 aliphatic carbocycles. The Balaban J connectivity index is 2.61. The highest BCUT2D eigenvalue weighted by atomic mass is 35.7. The van der Waals surface area contributed by atoms with E-state index < -0.39 is 9.05 Å². The zero-order chi connectivity index (χ0) is 12.5. The number of aromatic nitrogens is 1. The number of benzene rings is 1. The van der Waals surface area contributed by atoms with Crippen LogP contribution in [0.4, 0.5) is 0 Å². The van der Waals surface area contributed by atoms with Crippen molar-refractivity contribution in [2.75, 3.05) is 7.11 Å². The second-order valence-corrected chi connectivity index (χ2v) is 5.71. The molecule has 0 atom stereocenters. The number of hydrogen-bond acceptors (Lipinski definition) is 5. The van der Waals surface area contributed by atoms with Crippen molar-refractivity contribution >= 4 is 19.7 Å². The highest BCUT2D eigenvalue weighted by Gasteiger charge is 2.18. The Labute approximate surface area is 102 Å². The first-order valence-corrected chi connectivity index (χ1v) is 6.87. The van der Waals surface area contributed by atoms with E-state index in [2.05, 4.69) is 5.16 Å². The Kier molecular flexibility index (Phi) is 3.08. The summed E-state index contributed by atoms with van der Waals surface area (Å²) in [5, 5.41) is 3.54. The monoisotopic (exact) mass is 273 g/mol. The lowest BCUT2D eigenvalue weighted by Crippen LogP contribution is -1.96. The lowest BCUT2D eigenvalue weighted by molar-refractivity contribution is 0.403. The van der Waals surface area contributed by atoms with Crippen LogP contribution in [0.2, 0.25) is 0 Å². The first kappa shape index (κ1) is 11.9. The third-order valence-corrected chi connectivity index (χ3v) is 3.49. The molecular formula is C10H8ClNO4S. The van der Waals surface area contributed by atoms with Gasteiger partial charge < -0.3 is 9.26 Å². The molecule has 0 aliphatic heterocycles. The van der Waals surface area contributed by atoms with Crippen LogP contribution in [-0.4, -0.2) is 20.7 Å². The van der Waals surface area contributed by atoms with E-state index in [1.165, 1.54) is 25.4 Å². The summed E-state index contributed by atoms with van der Waals surface area (Å²) in [7, 11) is 2.82. The Morgan fingerprint density at radius 3 is 2.65 bits per heavy atom. The Hall–Kier alpha value is -1.53. The third-order valence-electron chi connectivity index (χ3n) is 2.15.